The fourth-order valence-electron chi connectivity index (χ4n) is 2.00. The number of rotatable bonds is 6. The van der Waals surface area contributed by atoms with Crippen molar-refractivity contribution in [3.05, 3.63) is 21.5 Å². The van der Waals surface area contributed by atoms with Crippen molar-refractivity contribution in [1.29, 1.82) is 0 Å². The summed E-state index contributed by atoms with van der Waals surface area (Å²) in [4.78, 5) is 7.61. The van der Waals surface area contributed by atoms with Gasteiger partial charge < -0.3 is 0 Å². The Labute approximate surface area is 117 Å². The van der Waals surface area contributed by atoms with E-state index < -0.39 is 6.08 Å². The zero-order valence-electron chi connectivity index (χ0n) is 10.8. The fourth-order valence-corrected chi connectivity index (χ4v) is 2.91. The molecular formula is C13H20FIN2. The van der Waals surface area contributed by atoms with Crippen molar-refractivity contribution in [3.8, 4) is 0 Å². The molecule has 0 aliphatic carbocycles. The average molecular weight is 350 g/mol. The smallest absolute Gasteiger partial charge is 0.210 e. The maximum atomic E-state index is 13.2. The van der Waals surface area contributed by atoms with Crippen molar-refractivity contribution < 1.29 is 4.39 Å². The molecule has 0 aromatic carbocycles. The Kier molecular flexibility index (Phi) is 5.76. The lowest BCUT2D eigenvalue weighted by molar-refractivity contribution is 0.375. The van der Waals surface area contributed by atoms with Gasteiger partial charge in [0.15, 0.2) is 0 Å². The summed E-state index contributed by atoms with van der Waals surface area (Å²) in [6, 6.07) is 0. The Morgan fingerprint density at radius 1 is 1.35 bits per heavy atom. The summed E-state index contributed by atoms with van der Waals surface area (Å²) in [6.07, 6.45) is 6.59. The summed E-state index contributed by atoms with van der Waals surface area (Å²) in [5.74, 6) is 0. The second-order valence-electron chi connectivity index (χ2n) is 4.71. The quantitative estimate of drug-likeness (QED) is 0.430. The van der Waals surface area contributed by atoms with Crippen molar-refractivity contribution >= 4 is 22.6 Å². The molecule has 1 aromatic rings. The van der Waals surface area contributed by atoms with Crippen molar-refractivity contribution in [1.82, 2.24) is 9.97 Å². The van der Waals surface area contributed by atoms with E-state index >= 15 is 0 Å². The van der Waals surface area contributed by atoms with Crippen LogP contribution >= 0.6 is 22.6 Å². The minimum atomic E-state index is -0.615. The van der Waals surface area contributed by atoms with Crippen LogP contribution in [0.25, 0.3) is 0 Å². The molecule has 1 heterocycles. The van der Waals surface area contributed by atoms with Crippen LogP contribution < -0.4 is 0 Å². The summed E-state index contributed by atoms with van der Waals surface area (Å²) in [5.41, 5.74) is 0.833. The molecule has 0 aliphatic heterocycles. The third kappa shape index (κ3) is 3.86. The van der Waals surface area contributed by atoms with E-state index in [-0.39, 0.29) is 5.41 Å². The van der Waals surface area contributed by atoms with Crippen molar-refractivity contribution in [2.45, 2.75) is 58.3 Å². The average Bonchev–Trinajstić information content (AvgIpc) is 2.32. The van der Waals surface area contributed by atoms with Gasteiger partial charge in [-0.25, -0.2) is 9.97 Å². The van der Waals surface area contributed by atoms with Gasteiger partial charge in [0.05, 0.1) is 9.26 Å². The SMILES string of the molecule is CCCCCC(C)(CC)c1nc(F)ncc1I. The number of halogens is 2. The molecule has 1 atom stereocenters. The first-order valence-electron chi connectivity index (χ1n) is 6.22. The first kappa shape index (κ1) is 14.8. The van der Waals surface area contributed by atoms with Gasteiger partial charge in [-0.15, -0.1) is 0 Å². The minimum Gasteiger partial charge on any atom is -0.210 e. The Hall–Kier alpha value is -0.260. The van der Waals surface area contributed by atoms with Gasteiger partial charge >= 0.3 is 6.08 Å². The van der Waals surface area contributed by atoms with Crippen molar-refractivity contribution in [2.24, 2.45) is 0 Å². The Bertz CT molecular complexity index is 370. The number of hydrogen-bond acceptors (Lipinski definition) is 2. The number of aromatic nitrogens is 2. The van der Waals surface area contributed by atoms with Gasteiger partial charge in [-0.1, -0.05) is 40.0 Å². The molecule has 2 nitrogen and oxygen atoms in total. The molecule has 4 heteroatoms. The highest BCUT2D eigenvalue weighted by Gasteiger charge is 2.28. The van der Waals surface area contributed by atoms with Crippen LogP contribution in [0.3, 0.4) is 0 Å². The van der Waals surface area contributed by atoms with Gasteiger partial charge in [0.1, 0.15) is 0 Å². The molecule has 0 saturated carbocycles. The predicted molar refractivity (Wildman–Crippen MR) is 76.5 cm³/mol. The second kappa shape index (κ2) is 6.61. The molecule has 1 unspecified atom stereocenters. The van der Waals surface area contributed by atoms with E-state index in [1.54, 1.807) is 6.20 Å². The lowest BCUT2D eigenvalue weighted by Crippen LogP contribution is -2.24. The monoisotopic (exact) mass is 350 g/mol. The Balaban J connectivity index is 2.94. The van der Waals surface area contributed by atoms with Crippen LogP contribution in [0.1, 0.15) is 58.6 Å². The van der Waals surface area contributed by atoms with Crippen molar-refractivity contribution in [2.75, 3.05) is 0 Å². The molecule has 96 valence electrons. The summed E-state index contributed by atoms with van der Waals surface area (Å²) in [5, 5.41) is 0. The maximum absolute atomic E-state index is 13.2. The lowest BCUT2D eigenvalue weighted by atomic mass is 9.79. The van der Waals surface area contributed by atoms with Crippen LogP contribution in [0, 0.1) is 9.65 Å². The molecule has 0 saturated heterocycles. The minimum absolute atomic E-state index is 0.0323. The van der Waals surface area contributed by atoms with Crippen LogP contribution in [0.2, 0.25) is 0 Å². The van der Waals surface area contributed by atoms with Crippen LogP contribution in [-0.2, 0) is 5.41 Å². The first-order valence-corrected chi connectivity index (χ1v) is 7.30. The normalized spacial score (nSPS) is 14.6. The summed E-state index contributed by atoms with van der Waals surface area (Å²) < 4.78 is 14.1. The molecule has 0 fully saturated rings. The molecule has 0 radical (unpaired) electrons. The number of unbranched alkanes of at least 4 members (excludes halogenated alkanes) is 2. The highest BCUT2D eigenvalue weighted by molar-refractivity contribution is 14.1. The molecule has 0 bridgehead atoms. The molecule has 0 amide bonds. The van der Waals surface area contributed by atoms with E-state index in [9.17, 15) is 4.39 Å². The summed E-state index contributed by atoms with van der Waals surface area (Å²) >= 11 is 2.19. The van der Waals surface area contributed by atoms with Crippen LogP contribution in [0.4, 0.5) is 4.39 Å². The molecular weight excluding hydrogens is 330 g/mol. The summed E-state index contributed by atoms with van der Waals surface area (Å²) in [7, 11) is 0. The standard InChI is InChI=1S/C13H20FIN2/c1-4-6-7-8-13(3,5-2)11-10(15)9-16-12(14)17-11/h9H,4-8H2,1-3H3. The molecule has 1 rings (SSSR count). The molecule has 0 N–H and O–H groups in total. The number of hydrogen-bond donors (Lipinski definition) is 0. The van der Waals surface area contributed by atoms with Crippen molar-refractivity contribution in [3.63, 3.8) is 0 Å². The molecule has 0 aliphatic rings. The van der Waals surface area contributed by atoms with Gasteiger partial charge in [-0.3, -0.25) is 0 Å². The predicted octanol–water partition coefficient (Wildman–Crippen LogP) is 4.47. The van der Waals surface area contributed by atoms with Gasteiger partial charge in [0.2, 0.25) is 0 Å². The zero-order chi connectivity index (χ0) is 12.9. The van der Waals surface area contributed by atoms with Gasteiger partial charge in [0.25, 0.3) is 0 Å². The third-order valence-corrected chi connectivity index (χ3v) is 4.19. The zero-order valence-corrected chi connectivity index (χ0v) is 12.9. The lowest BCUT2D eigenvalue weighted by Gasteiger charge is -2.28. The van der Waals surface area contributed by atoms with E-state index in [0.717, 1.165) is 22.1 Å². The van der Waals surface area contributed by atoms with Crippen LogP contribution in [0.15, 0.2) is 6.20 Å². The highest BCUT2D eigenvalue weighted by atomic mass is 127. The van der Waals surface area contributed by atoms with Gasteiger partial charge in [-0.2, -0.15) is 4.39 Å². The maximum Gasteiger partial charge on any atom is 0.308 e. The van der Waals surface area contributed by atoms with Crippen LogP contribution in [-0.4, -0.2) is 9.97 Å². The second-order valence-corrected chi connectivity index (χ2v) is 5.87. The topological polar surface area (TPSA) is 25.8 Å². The molecule has 17 heavy (non-hydrogen) atoms. The molecule has 0 spiro atoms. The first-order chi connectivity index (χ1) is 8.03. The molecule has 1 aromatic heterocycles. The fraction of sp³-hybridized carbons (Fsp3) is 0.692. The van der Waals surface area contributed by atoms with E-state index in [0.29, 0.717) is 0 Å². The van der Waals surface area contributed by atoms with E-state index in [1.165, 1.54) is 19.3 Å². The Morgan fingerprint density at radius 3 is 2.65 bits per heavy atom. The largest absolute Gasteiger partial charge is 0.308 e. The summed E-state index contributed by atoms with van der Waals surface area (Å²) in [6.45, 7) is 6.51. The van der Waals surface area contributed by atoms with Gasteiger partial charge in [0, 0.05) is 11.6 Å². The number of nitrogens with zero attached hydrogens (tertiary/aromatic N) is 2. The highest BCUT2D eigenvalue weighted by Crippen LogP contribution is 2.34. The van der Waals surface area contributed by atoms with Crippen LogP contribution in [0.5, 0.6) is 0 Å². The van der Waals surface area contributed by atoms with E-state index in [2.05, 4.69) is 53.3 Å². The van der Waals surface area contributed by atoms with Gasteiger partial charge in [-0.05, 0) is 35.4 Å². The van der Waals surface area contributed by atoms with E-state index in [1.807, 2.05) is 0 Å². The third-order valence-electron chi connectivity index (χ3n) is 3.40. The Morgan fingerprint density at radius 2 is 2.06 bits per heavy atom. The van der Waals surface area contributed by atoms with E-state index in [4.69, 9.17) is 0 Å².